The molecule has 0 spiro atoms. The van der Waals surface area contributed by atoms with Crippen LogP contribution in [0.1, 0.15) is 45.0 Å². The van der Waals surface area contributed by atoms with Crippen molar-refractivity contribution >= 4 is 17.4 Å². The third-order valence-corrected chi connectivity index (χ3v) is 4.22. The summed E-state index contributed by atoms with van der Waals surface area (Å²) in [6.07, 6.45) is -0.664. The number of ketones is 1. The summed E-state index contributed by atoms with van der Waals surface area (Å²) in [5.74, 6) is 0.305. The molecule has 1 N–H and O–H groups in total. The molecule has 2 aromatic rings. The van der Waals surface area contributed by atoms with Gasteiger partial charge in [-0.2, -0.15) is 0 Å². The van der Waals surface area contributed by atoms with Gasteiger partial charge in [0.15, 0.2) is 17.3 Å². The zero-order chi connectivity index (χ0) is 18.1. The van der Waals surface area contributed by atoms with Gasteiger partial charge in [0.05, 0.1) is 14.2 Å². The molecule has 1 heterocycles. The summed E-state index contributed by atoms with van der Waals surface area (Å²) in [7, 11) is 2.99. The topological polar surface area (TPSA) is 73.9 Å². The van der Waals surface area contributed by atoms with E-state index >= 15 is 0 Å². The van der Waals surface area contributed by atoms with Crippen LogP contribution in [0.5, 0.6) is 11.5 Å². The summed E-state index contributed by atoms with van der Waals surface area (Å²) in [5.41, 5.74) is 3.27. The molecule has 6 heteroatoms. The van der Waals surface area contributed by atoms with E-state index in [1.54, 1.807) is 24.3 Å². The van der Waals surface area contributed by atoms with E-state index in [4.69, 9.17) is 14.2 Å². The molecule has 0 bridgehead atoms. The number of hydrogen-bond acceptors (Lipinski definition) is 6. The molecule has 0 amide bonds. The lowest BCUT2D eigenvalue weighted by Crippen LogP contribution is -2.11. The first-order chi connectivity index (χ1) is 12.0. The molecule has 25 heavy (non-hydrogen) atoms. The van der Waals surface area contributed by atoms with E-state index in [-0.39, 0.29) is 5.78 Å². The van der Waals surface area contributed by atoms with Gasteiger partial charge in [0.2, 0.25) is 6.23 Å². The molecule has 1 aliphatic rings. The van der Waals surface area contributed by atoms with Gasteiger partial charge < -0.3 is 19.5 Å². The molecule has 0 aliphatic carbocycles. The SMILES string of the molecule is COc1ccc2c(c1OC)C(=O)OC2Nc1cc(C(C)=O)ccc1C. The molecule has 1 atom stereocenters. The molecule has 1 aliphatic heterocycles. The number of methoxy groups -OCH3 is 2. The van der Waals surface area contributed by atoms with Crippen LogP contribution in [-0.2, 0) is 4.74 Å². The number of esters is 1. The van der Waals surface area contributed by atoms with Gasteiger partial charge in [0, 0.05) is 16.8 Å². The summed E-state index contributed by atoms with van der Waals surface area (Å²) in [5, 5.41) is 3.19. The van der Waals surface area contributed by atoms with E-state index in [0.29, 0.717) is 28.2 Å². The molecule has 3 rings (SSSR count). The lowest BCUT2D eigenvalue weighted by atomic mass is 10.0. The number of Topliss-reactive ketones (excluding diaryl/α,β-unsaturated/α-hetero) is 1. The van der Waals surface area contributed by atoms with Crippen molar-refractivity contribution in [1.29, 1.82) is 0 Å². The second-order valence-corrected chi connectivity index (χ2v) is 5.78. The van der Waals surface area contributed by atoms with Gasteiger partial charge in [0.1, 0.15) is 5.56 Å². The van der Waals surface area contributed by atoms with Crippen molar-refractivity contribution in [2.75, 3.05) is 19.5 Å². The maximum Gasteiger partial charge on any atom is 0.344 e. The molecule has 0 fully saturated rings. The van der Waals surface area contributed by atoms with Crippen LogP contribution >= 0.6 is 0 Å². The van der Waals surface area contributed by atoms with Crippen molar-refractivity contribution in [1.82, 2.24) is 0 Å². The minimum Gasteiger partial charge on any atom is -0.493 e. The first kappa shape index (κ1) is 16.8. The monoisotopic (exact) mass is 341 g/mol. The number of aryl methyl sites for hydroxylation is 1. The van der Waals surface area contributed by atoms with Gasteiger partial charge in [-0.15, -0.1) is 0 Å². The zero-order valence-electron chi connectivity index (χ0n) is 14.5. The van der Waals surface area contributed by atoms with Crippen molar-refractivity contribution in [2.24, 2.45) is 0 Å². The van der Waals surface area contributed by atoms with E-state index in [1.165, 1.54) is 21.1 Å². The van der Waals surface area contributed by atoms with Crippen LogP contribution in [-0.4, -0.2) is 26.0 Å². The molecule has 2 aromatic carbocycles. The number of fused-ring (bicyclic) bond motifs is 1. The number of benzene rings is 2. The van der Waals surface area contributed by atoms with Gasteiger partial charge in [-0.05, 0) is 37.6 Å². The van der Waals surface area contributed by atoms with E-state index in [0.717, 1.165) is 11.3 Å². The Morgan fingerprint density at radius 3 is 2.56 bits per heavy atom. The average molecular weight is 341 g/mol. The third-order valence-electron chi connectivity index (χ3n) is 4.22. The number of rotatable bonds is 5. The van der Waals surface area contributed by atoms with Crippen LogP contribution in [0.2, 0.25) is 0 Å². The summed E-state index contributed by atoms with van der Waals surface area (Å²) in [4.78, 5) is 23.9. The fourth-order valence-corrected chi connectivity index (χ4v) is 2.85. The van der Waals surface area contributed by atoms with Crippen LogP contribution < -0.4 is 14.8 Å². The zero-order valence-corrected chi connectivity index (χ0v) is 14.5. The van der Waals surface area contributed by atoms with E-state index in [9.17, 15) is 9.59 Å². The summed E-state index contributed by atoms with van der Waals surface area (Å²) in [6, 6.07) is 8.87. The highest BCUT2D eigenvalue weighted by Crippen LogP contribution is 2.42. The van der Waals surface area contributed by atoms with Gasteiger partial charge in [-0.25, -0.2) is 4.79 Å². The Morgan fingerprint density at radius 2 is 1.92 bits per heavy atom. The molecular weight excluding hydrogens is 322 g/mol. The molecule has 6 nitrogen and oxygen atoms in total. The maximum atomic E-state index is 12.3. The highest BCUT2D eigenvalue weighted by atomic mass is 16.6. The largest absolute Gasteiger partial charge is 0.493 e. The summed E-state index contributed by atoms with van der Waals surface area (Å²) < 4.78 is 16.0. The van der Waals surface area contributed by atoms with Crippen molar-refractivity contribution in [3.05, 3.63) is 52.6 Å². The second kappa shape index (κ2) is 6.47. The summed E-state index contributed by atoms with van der Waals surface area (Å²) in [6.45, 7) is 3.43. The molecule has 1 unspecified atom stereocenters. The lowest BCUT2D eigenvalue weighted by molar-refractivity contribution is 0.0434. The number of carbonyl (C=O) groups excluding carboxylic acids is 2. The molecule has 0 saturated carbocycles. The molecular formula is C19H19NO5. The number of anilines is 1. The maximum absolute atomic E-state index is 12.3. The molecule has 0 aromatic heterocycles. The molecule has 0 saturated heterocycles. The predicted molar refractivity (Wildman–Crippen MR) is 92.5 cm³/mol. The van der Waals surface area contributed by atoms with Crippen molar-refractivity contribution in [2.45, 2.75) is 20.1 Å². The summed E-state index contributed by atoms with van der Waals surface area (Å²) >= 11 is 0. The number of ether oxygens (including phenoxy) is 3. The van der Waals surface area contributed by atoms with Crippen LogP contribution in [0.15, 0.2) is 30.3 Å². The number of cyclic esters (lactones) is 1. The van der Waals surface area contributed by atoms with Gasteiger partial charge in [-0.3, -0.25) is 4.79 Å². The molecule has 0 radical (unpaired) electrons. The number of hydrogen-bond donors (Lipinski definition) is 1. The third kappa shape index (κ3) is 2.91. The standard InChI is InChI=1S/C19H19NO5/c1-10-5-6-12(11(2)21)9-14(10)20-18-13-7-8-15(23-3)17(24-4)16(13)19(22)25-18/h5-9,18,20H,1-4H3. The average Bonchev–Trinajstić information content (AvgIpc) is 2.91. The minimum atomic E-state index is -0.664. The van der Waals surface area contributed by atoms with Gasteiger partial charge in [0.25, 0.3) is 0 Å². The highest BCUT2D eigenvalue weighted by molar-refractivity contribution is 5.98. The lowest BCUT2D eigenvalue weighted by Gasteiger charge is -2.17. The van der Waals surface area contributed by atoms with E-state index in [2.05, 4.69) is 5.32 Å². The van der Waals surface area contributed by atoms with Crippen LogP contribution in [0, 0.1) is 6.92 Å². The fourth-order valence-electron chi connectivity index (χ4n) is 2.85. The number of nitrogens with one attached hydrogen (secondary N) is 1. The Hall–Kier alpha value is -3.02. The van der Waals surface area contributed by atoms with Gasteiger partial charge >= 0.3 is 5.97 Å². The fraction of sp³-hybridized carbons (Fsp3) is 0.263. The Labute approximate surface area is 145 Å². The second-order valence-electron chi connectivity index (χ2n) is 5.78. The number of carbonyl (C=O) groups is 2. The normalized spacial score (nSPS) is 15.4. The Kier molecular flexibility index (Phi) is 4.35. The first-order valence-corrected chi connectivity index (χ1v) is 7.80. The van der Waals surface area contributed by atoms with Crippen LogP contribution in [0.25, 0.3) is 0 Å². The predicted octanol–water partition coefficient (Wildman–Crippen LogP) is 3.50. The smallest absolute Gasteiger partial charge is 0.344 e. The first-order valence-electron chi connectivity index (χ1n) is 7.80. The van der Waals surface area contributed by atoms with Gasteiger partial charge in [-0.1, -0.05) is 12.1 Å². The molecule has 130 valence electrons. The highest BCUT2D eigenvalue weighted by Gasteiger charge is 2.36. The van der Waals surface area contributed by atoms with Crippen LogP contribution in [0.3, 0.4) is 0 Å². The van der Waals surface area contributed by atoms with Crippen molar-refractivity contribution in [3.63, 3.8) is 0 Å². The quantitative estimate of drug-likeness (QED) is 0.663. The Balaban J connectivity index is 2.00. The van der Waals surface area contributed by atoms with E-state index in [1.807, 2.05) is 13.0 Å². The van der Waals surface area contributed by atoms with Crippen molar-refractivity contribution in [3.8, 4) is 11.5 Å². The van der Waals surface area contributed by atoms with E-state index < -0.39 is 12.2 Å². The minimum absolute atomic E-state index is 0.0294. The van der Waals surface area contributed by atoms with Crippen LogP contribution in [0.4, 0.5) is 5.69 Å². The Bertz CT molecular complexity index is 859. The Morgan fingerprint density at radius 1 is 1.16 bits per heavy atom. The van der Waals surface area contributed by atoms with Crippen molar-refractivity contribution < 1.29 is 23.8 Å².